The van der Waals surface area contributed by atoms with Crippen LogP contribution in [0.1, 0.15) is 36.8 Å². The van der Waals surface area contributed by atoms with E-state index in [-0.39, 0.29) is 23.5 Å². The van der Waals surface area contributed by atoms with Crippen molar-refractivity contribution in [2.45, 2.75) is 43.4 Å². The first-order valence-electron chi connectivity index (χ1n) is 11.4. The molecule has 3 amide bonds. The third-order valence-corrected chi connectivity index (χ3v) is 6.88. The number of thioether (sulfide) groups is 1. The molecule has 0 radical (unpaired) electrons. The molecule has 14 heteroatoms. The average Bonchev–Trinajstić information content (AvgIpc) is 3.31. The first-order valence-corrected chi connectivity index (χ1v) is 13.3. The standard InChI is InChI=1S/C23H29F2N5O5S2/c1-23(2,3)35-21(33)29-28-20(32)18-12-36-22(27-18)37-13-19(31)26-9-15-11-30(6-7-34-15)10-14-4-5-16(24)17(25)8-14/h4-5,8,12,15H,6-7,9-11,13H2,1-3H3,(H,26,31)(H,28,32)(H,29,33)/t15-/m0/s1. The van der Waals surface area contributed by atoms with Gasteiger partial charge in [0, 0.05) is 31.6 Å². The van der Waals surface area contributed by atoms with Gasteiger partial charge in [-0.3, -0.25) is 19.9 Å². The molecule has 2 heterocycles. The fourth-order valence-electron chi connectivity index (χ4n) is 3.25. The molecule has 0 saturated carbocycles. The first-order chi connectivity index (χ1) is 17.5. The van der Waals surface area contributed by atoms with Gasteiger partial charge >= 0.3 is 6.09 Å². The molecule has 1 aromatic carbocycles. The highest BCUT2D eigenvalue weighted by Gasteiger charge is 2.22. The summed E-state index contributed by atoms with van der Waals surface area (Å²) in [6, 6.07) is 3.84. The maximum Gasteiger partial charge on any atom is 0.426 e. The van der Waals surface area contributed by atoms with Gasteiger partial charge in [-0.2, -0.15) is 0 Å². The van der Waals surface area contributed by atoms with Crippen LogP contribution in [0.25, 0.3) is 0 Å². The summed E-state index contributed by atoms with van der Waals surface area (Å²) in [4.78, 5) is 42.3. The van der Waals surface area contributed by atoms with Gasteiger partial charge in [-0.15, -0.1) is 11.3 Å². The molecule has 1 aliphatic heterocycles. The Bertz CT molecular complexity index is 1110. The molecule has 1 atom stereocenters. The number of nitrogens with one attached hydrogen (secondary N) is 3. The predicted molar refractivity (Wildman–Crippen MR) is 134 cm³/mol. The van der Waals surface area contributed by atoms with E-state index < -0.39 is 29.2 Å². The maximum atomic E-state index is 13.5. The number of benzene rings is 1. The molecule has 1 fully saturated rings. The highest BCUT2D eigenvalue weighted by molar-refractivity contribution is 8.01. The highest BCUT2D eigenvalue weighted by atomic mass is 32.2. The Balaban J connectivity index is 1.36. The van der Waals surface area contributed by atoms with E-state index in [0.29, 0.717) is 42.7 Å². The van der Waals surface area contributed by atoms with E-state index in [9.17, 15) is 23.2 Å². The van der Waals surface area contributed by atoms with Crippen LogP contribution in [0.5, 0.6) is 0 Å². The van der Waals surface area contributed by atoms with Crippen molar-refractivity contribution < 1.29 is 32.6 Å². The van der Waals surface area contributed by atoms with Crippen molar-refractivity contribution in [3.05, 3.63) is 46.5 Å². The molecule has 10 nitrogen and oxygen atoms in total. The molecule has 3 rings (SSSR count). The number of carbonyl (C=O) groups excluding carboxylic acids is 3. The van der Waals surface area contributed by atoms with Gasteiger partial charge in [0.2, 0.25) is 5.91 Å². The number of thiazole rings is 1. The number of amides is 3. The molecule has 0 spiro atoms. The molecular formula is C23H29F2N5O5S2. The Labute approximate surface area is 221 Å². The van der Waals surface area contributed by atoms with E-state index in [4.69, 9.17) is 9.47 Å². The van der Waals surface area contributed by atoms with E-state index in [1.54, 1.807) is 26.8 Å². The smallest absolute Gasteiger partial charge is 0.426 e. The number of hydrazine groups is 1. The summed E-state index contributed by atoms with van der Waals surface area (Å²) in [5, 5.41) is 4.34. The van der Waals surface area contributed by atoms with Gasteiger partial charge in [0.15, 0.2) is 16.0 Å². The van der Waals surface area contributed by atoms with Gasteiger partial charge in [0.25, 0.3) is 5.91 Å². The third kappa shape index (κ3) is 9.87. The summed E-state index contributed by atoms with van der Waals surface area (Å²) in [5.74, 6) is -2.50. The molecule has 2 aromatic rings. The number of hydrogen-bond acceptors (Lipinski definition) is 9. The van der Waals surface area contributed by atoms with Gasteiger partial charge in [-0.25, -0.2) is 24.0 Å². The lowest BCUT2D eigenvalue weighted by Crippen LogP contribution is -2.47. The molecule has 202 valence electrons. The average molecular weight is 558 g/mol. The van der Waals surface area contributed by atoms with Crippen molar-refractivity contribution in [3.8, 4) is 0 Å². The van der Waals surface area contributed by atoms with E-state index in [2.05, 4.69) is 26.1 Å². The quantitative estimate of drug-likeness (QED) is 0.335. The Morgan fingerprint density at radius 2 is 2.03 bits per heavy atom. The topological polar surface area (TPSA) is 122 Å². The zero-order valence-electron chi connectivity index (χ0n) is 20.6. The van der Waals surface area contributed by atoms with Gasteiger partial charge in [0.1, 0.15) is 11.3 Å². The van der Waals surface area contributed by atoms with Crippen molar-refractivity contribution in [2.75, 3.05) is 32.0 Å². The third-order valence-electron chi connectivity index (χ3n) is 4.86. The molecule has 1 saturated heterocycles. The van der Waals surface area contributed by atoms with Crippen molar-refractivity contribution >= 4 is 41.0 Å². The summed E-state index contributed by atoms with van der Waals surface area (Å²) in [7, 11) is 0. The zero-order valence-corrected chi connectivity index (χ0v) is 22.3. The number of ether oxygens (including phenoxy) is 2. The molecule has 0 aliphatic carbocycles. The van der Waals surface area contributed by atoms with E-state index >= 15 is 0 Å². The van der Waals surface area contributed by atoms with Crippen LogP contribution in [0.2, 0.25) is 0 Å². The fourth-order valence-corrected chi connectivity index (χ4v) is 4.89. The Morgan fingerprint density at radius 3 is 2.76 bits per heavy atom. The summed E-state index contributed by atoms with van der Waals surface area (Å²) >= 11 is 2.38. The van der Waals surface area contributed by atoms with Crippen molar-refractivity contribution in [1.29, 1.82) is 0 Å². The first kappa shape index (κ1) is 28.8. The lowest BCUT2D eigenvalue weighted by atomic mass is 10.1. The number of nitrogens with zero attached hydrogens (tertiary/aromatic N) is 2. The summed E-state index contributed by atoms with van der Waals surface area (Å²) < 4.78 is 37.9. The minimum Gasteiger partial charge on any atom is -0.443 e. The largest absolute Gasteiger partial charge is 0.443 e. The van der Waals surface area contributed by atoms with E-state index in [1.807, 2.05) is 0 Å². The SMILES string of the molecule is CC(C)(C)OC(=O)NNC(=O)c1csc(SCC(=O)NC[C@H]2CN(Cc3ccc(F)c(F)c3)CCO2)n1. The van der Waals surface area contributed by atoms with Gasteiger partial charge in [-0.05, 0) is 38.5 Å². The zero-order chi connectivity index (χ0) is 27.0. The summed E-state index contributed by atoms with van der Waals surface area (Å²) in [5.41, 5.74) is 4.43. The van der Waals surface area contributed by atoms with Gasteiger partial charge < -0.3 is 14.8 Å². The Hall–Kier alpha value is -2.81. The molecule has 1 aromatic heterocycles. The van der Waals surface area contributed by atoms with Crippen LogP contribution in [0, 0.1) is 11.6 Å². The second kappa shape index (κ2) is 13.1. The Kier molecular flexibility index (Phi) is 10.2. The van der Waals surface area contributed by atoms with Crippen LogP contribution in [0.3, 0.4) is 0 Å². The van der Waals surface area contributed by atoms with Crippen LogP contribution in [-0.2, 0) is 20.8 Å². The van der Waals surface area contributed by atoms with Crippen LogP contribution in [0.15, 0.2) is 27.9 Å². The number of hydrogen-bond donors (Lipinski definition) is 3. The number of aromatic nitrogens is 1. The molecule has 1 aliphatic rings. The fraction of sp³-hybridized carbons (Fsp3) is 0.478. The lowest BCUT2D eigenvalue weighted by Gasteiger charge is -2.33. The minimum atomic E-state index is -0.878. The van der Waals surface area contributed by atoms with Crippen molar-refractivity contribution in [2.24, 2.45) is 0 Å². The normalized spacial score (nSPS) is 16.2. The summed E-state index contributed by atoms with van der Waals surface area (Å²) in [6.07, 6.45) is -1.03. The van der Waals surface area contributed by atoms with E-state index in [1.165, 1.54) is 34.5 Å². The molecule has 0 bridgehead atoms. The predicted octanol–water partition coefficient (Wildman–Crippen LogP) is 2.70. The van der Waals surface area contributed by atoms with E-state index in [0.717, 1.165) is 6.07 Å². The van der Waals surface area contributed by atoms with Crippen LogP contribution in [0.4, 0.5) is 13.6 Å². The van der Waals surface area contributed by atoms with Gasteiger partial charge in [0.05, 0.1) is 18.5 Å². The molecular weight excluding hydrogens is 528 g/mol. The monoisotopic (exact) mass is 557 g/mol. The lowest BCUT2D eigenvalue weighted by molar-refractivity contribution is -0.119. The second-order valence-electron chi connectivity index (χ2n) is 9.15. The van der Waals surface area contributed by atoms with Crippen LogP contribution < -0.4 is 16.2 Å². The molecule has 37 heavy (non-hydrogen) atoms. The number of halogens is 2. The van der Waals surface area contributed by atoms with Crippen LogP contribution in [-0.4, -0.2) is 71.5 Å². The van der Waals surface area contributed by atoms with Crippen LogP contribution >= 0.6 is 23.1 Å². The maximum absolute atomic E-state index is 13.5. The summed E-state index contributed by atoms with van der Waals surface area (Å²) in [6.45, 7) is 7.50. The van der Waals surface area contributed by atoms with Crippen molar-refractivity contribution in [3.63, 3.8) is 0 Å². The van der Waals surface area contributed by atoms with Gasteiger partial charge in [-0.1, -0.05) is 17.8 Å². The number of carbonyl (C=O) groups is 3. The van der Waals surface area contributed by atoms with Crippen molar-refractivity contribution in [1.82, 2.24) is 26.1 Å². The Morgan fingerprint density at radius 1 is 1.24 bits per heavy atom. The second-order valence-corrected chi connectivity index (χ2v) is 11.2. The minimum absolute atomic E-state index is 0.0933. The molecule has 3 N–H and O–H groups in total. The number of morpholine rings is 1. The molecule has 0 unspecified atom stereocenters. The highest BCUT2D eigenvalue weighted by Crippen LogP contribution is 2.22. The number of rotatable bonds is 8.